The molecule has 1 aliphatic rings. The molecule has 1 aliphatic heterocycles. The number of carbonyl (C=O) groups excluding carboxylic acids is 2. The summed E-state index contributed by atoms with van der Waals surface area (Å²) in [5, 5.41) is 0.727. The number of benzene rings is 3. The summed E-state index contributed by atoms with van der Waals surface area (Å²) in [5.41, 5.74) is 2.45. The molecular weight excluding hydrogens is 483 g/mol. The molecule has 0 radical (unpaired) electrons. The molecule has 1 heterocycles. The average molecular weight is 509 g/mol. The van der Waals surface area contributed by atoms with Gasteiger partial charge in [0.1, 0.15) is 12.8 Å². The maximum atomic E-state index is 13.9. The van der Waals surface area contributed by atoms with E-state index in [1.165, 1.54) is 6.08 Å². The third-order valence-electron chi connectivity index (χ3n) is 6.19. The second-order valence-corrected chi connectivity index (χ2v) is 9.14. The molecule has 180 valence electrons. The Labute approximate surface area is 215 Å². The van der Waals surface area contributed by atoms with Gasteiger partial charge in [0, 0.05) is 21.7 Å². The molecule has 3 aromatic carbocycles. The SMILES string of the molecule is C=CCOC(=O)N1C(=O)[C@H](Cc2ccccc2)N([C@@H](C)c2ccccc2)[C@H]1c1c(Cl)cccc1Cl. The first kappa shape index (κ1) is 25.0. The highest BCUT2D eigenvalue weighted by Crippen LogP contribution is 2.46. The van der Waals surface area contributed by atoms with Crippen molar-refractivity contribution in [3.8, 4) is 0 Å². The molecule has 4 rings (SSSR count). The third kappa shape index (κ3) is 5.13. The number of hydrogen-bond donors (Lipinski definition) is 0. The fourth-order valence-electron chi connectivity index (χ4n) is 4.55. The van der Waals surface area contributed by atoms with Gasteiger partial charge in [-0.3, -0.25) is 9.69 Å². The predicted octanol–water partition coefficient (Wildman–Crippen LogP) is 6.83. The summed E-state index contributed by atoms with van der Waals surface area (Å²) >= 11 is 13.3. The standard InChI is InChI=1S/C28H26Cl2N2O3/c1-3-17-35-28(34)32-26(25-22(29)15-10-16-23(25)30)31(19(2)21-13-8-5-9-14-21)24(27(32)33)18-20-11-6-4-7-12-20/h3-16,19,24,26H,1,17-18H2,2H3/t19-,24-,26+/m0/s1. The van der Waals surface area contributed by atoms with Crippen molar-refractivity contribution in [1.29, 1.82) is 0 Å². The molecule has 3 aromatic rings. The first-order chi connectivity index (χ1) is 16.9. The normalized spacial score (nSPS) is 18.9. The number of nitrogens with zero attached hydrogens (tertiary/aromatic N) is 2. The van der Waals surface area contributed by atoms with Gasteiger partial charge in [-0.25, -0.2) is 9.69 Å². The van der Waals surface area contributed by atoms with E-state index in [1.54, 1.807) is 18.2 Å². The van der Waals surface area contributed by atoms with Crippen molar-refractivity contribution in [3.63, 3.8) is 0 Å². The number of ether oxygens (including phenoxy) is 1. The summed E-state index contributed by atoms with van der Waals surface area (Å²) in [7, 11) is 0. The monoisotopic (exact) mass is 508 g/mol. The topological polar surface area (TPSA) is 49.9 Å². The molecule has 1 saturated heterocycles. The van der Waals surface area contributed by atoms with E-state index in [9.17, 15) is 9.59 Å². The van der Waals surface area contributed by atoms with E-state index in [1.807, 2.05) is 72.5 Å². The van der Waals surface area contributed by atoms with Crippen molar-refractivity contribution in [2.45, 2.75) is 31.6 Å². The highest BCUT2D eigenvalue weighted by Gasteiger charge is 2.53. The molecule has 1 fully saturated rings. The lowest BCUT2D eigenvalue weighted by Gasteiger charge is -2.36. The second-order valence-electron chi connectivity index (χ2n) is 8.32. The first-order valence-corrected chi connectivity index (χ1v) is 12.1. The maximum Gasteiger partial charge on any atom is 0.418 e. The minimum Gasteiger partial charge on any atom is -0.445 e. The van der Waals surface area contributed by atoms with Crippen LogP contribution < -0.4 is 0 Å². The van der Waals surface area contributed by atoms with Crippen LogP contribution in [0.25, 0.3) is 0 Å². The summed E-state index contributed by atoms with van der Waals surface area (Å²) in [4.78, 5) is 30.3. The van der Waals surface area contributed by atoms with Crippen LogP contribution in [0.3, 0.4) is 0 Å². The Hall–Kier alpha value is -3.12. The van der Waals surface area contributed by atoms with Gasteiger partial charge in [-0.05, 0) is 36.6 Å². The van der Waals surface area contributed by atoms with Gasteiger partial charge in [0.2, 0.25) is 0 Å². The number of halogens is 2. The van der Waals surface area contributed by atoms with Crippen LogP contribution in [0.15, 0.2) is 91.5 Å². The molecule has 0 spiro atoms. The van der Waals surface area contributed by atoms with Gasteiger partial charge in [-0.1, -0.05) is 103 Å². The van der Waals surface area contributed by atoms with Crippen LogP contribution in [0.5, 0.6) is 0 Å². The van der Waals surface area contributed by atoms with E-state index in [0.29, 0.717) is 22.0 Å². The largest absolute Gasteiger partial charge is 0.445 e. The van der Waals surface area contributed by atoms with E-state index in [4.69, 9.17) is 27.9 Å². The summed E-state index contributed by atoms with van der Waals surface area (Å²) in [5.74, 6) is -0.369. The Kier molecular flexibility index (Phi) is 7.91. The van der Waals surface area contributed by atoms with E-state index in [-0.39, 0.29) is 18.6 Å². The Morgan fingerprint density at radius 2 is 1.60 bits per heavy atom. The number of carbonyl (C=O) groups is 2. The Morgan fingerprint density at radius 3 is 2.20 bits per heavy atom. The molecule has 7 heteroatoms. The first-order valence-electron chi connectivity index (χ1n) is 11.3. The van der Waals surface area contributed by atoms with Crippen LogP contribution in [0.2, 0.25) is 10.0 Å². The number of imide groups is 1. The molecule has 0 aliphatic carbocycles. The van der Waals surface area contributed by atoms with E-state index in [2.05, 4.69) is 6.58 Å². The maximum absolute atomic E-state index is 13.9. The van der Waals surface area contributed by atoms with Crippen molar-refractivity contribution < 1.29 is 14.3 Å². The van der Waals surface area contributed by atoms with Crippen LogP contribution in [0, 0.1) is 0 Å². The summed E-state index contributed by atoms with van der Waals surface area (Å²) in [6.45, 7) is 5.59. The smallest absolute Gasteiger partial charge is 0.418 e. The van der Waals surface area contributed by atoms with E-state index >= 15 is 0 Å². The zero-order valence-electron chi connectivity index (χ0n) is 19.3. The zero-order chi connectivity index (χ0) is 24.9. The quantitative estimate of drug-likeness (QED) is 0.328. The van der Waals surface area contributed by atoms with Gasteiger partial charge in [0.05, 0.1) is 6.04 Å². The average Bonchev–Trinajstić information content (AvgIpc) is 3.14. The highest BCUT2D eigenvalue weighted by molar-refractivity contribution is 6.36. The van der Waals surface area contributed by atoms with Crippen LogP contribution in [-0.4, -0.2) is 34.4 Å². The van der Waals surface area contributed by atoms with Crippen LogP contribution >= 0.6 is 23.2 Å². The van der Waals surface area contributed by atoms with Crippen molar-refractivity contribution in [3.05, 3.63) is 118 Å². The van der Waals surface area contributed by atoms with Crippen LogP contribution in [0.1, 0.15) is 35.8 Å². The number of rotatable bonds is 7. The van der Waals surface area contributed by atoms with Gasteiger partial charge >= 0.3 is 6.09 Å². The lowest BCUT2D eigenvalue weighted by molar-refractivity contribution is -0.128. The Morgan fingerprint density at radius 1 is 1.00 bits per heavy atom. The fraction of sp³-hybridized carbons (Fsp3) is 0.214. The van der Waals surface area contributed by atoms with Gasteiger partial charge in [0.25, 0.3) is 5.91 Å². The molecule has 3 atom stereocenters. The van der Waals surface area contributed by atoms with Crippen molar-refractivity contribution in [2.75, 3.05) is 6.61 Å². The Bertz CT molecular complexity index is 1180. The fourth-order valence-corrected chi connectivity index (χ4v) is 5.15. The molecule has 0 N–H and O–H groups in total. The van der Waals surface area contributed by atoms with Gasteiger partial charge < -0.3 is 4.74 Å². The van der Waals surface area contributed by atoms with E-state index in [0.717, 1.165) is 16.0 Å². The molecule has 0 bridgehead atoms. The summed E-state index contributed by atoms with van der Waals surface area (Å²) in [6, 6.07) is 23.8. The zero-order valence-corrected chi connectivity index (χ0v) is 20.8. The van der Waals surface area contributed by atoms with Crippen molar-refractivity contribution in [2.24, 2.45) is 0 Å². The second kappa shape index (κ2) is 11.1. The molecular formula is C28H26Cl2N2O3. The van der Waals surface area contributed by atoms with Gasteiger partial charge in [-0.15, -0.1) is 0 Å². The minimum atomic E-state index is -0.857. The van der Waals surface area contributed by atoms with Crippen molar-refractivity contribution >= 4 is 35.2 Å². The van der Waals surface area contributed by atoms with Gasteiger partial charge in [-0.2, -0.15) is 0 Å². The number of amides is 2. The summed E-state index contributed by atoms with van der Waals surface area (Å²) in [6.07, 6.45) is 0.240. The Balaban J connectivity index is 1.89. The lowest BCUT2D eigenvalue weighted by atomic mass is 9.99. The third-order valence-corrected chi connectivity index (χ3v) is 6.85. The predicted molar refractivity (Wildman–Crippen MR) is 138 cm³/mol. The van der Waals surface area contributed by atoms with Crippen LogP contribution in [0.4, 0.5) is 4.79 Å². The number of hydrogen-bond acceptors (Lipinski definition) is 4. The molecule has 5 nitrogen and oxygen atoms in total. The summed E-state index contributed by atoms with van der Waals surface area (Å²) < 4.78 is 5.34. The van der Waals surface area contributed by atoms with E-state index < -0.39 is 18.3 Å². The van der Waals surface area contributed by atoms with Gasteiger partial charge in [0.15, 0.2) is 0 Å². The minimum absolute atomic E-state index is 0.0246. The highest BCUT2D eigenvalue weighted by atomic mass is 35.5. The van der Waals surface area contributed by atoms with Crippen molar-refractivity contribution in [1.82, 2.24) is 9.80 Å². The molecule has 35 heavy (non-hydrogen) atoms. The molecule has 0 aromatic heterocycles. The van der Waals surface area contributed by atoms with Crippen LogP contribution in [-0.2, 0) is 16.0 Å². The lowest BCUT2D eigenvalue weighted by Crippen LogP contribution is -2.38. The molecule has 0 saturated carbocycles. The molecule has 0 unspecified atom stereocenters. The molecule has 2 amide bonds.